The molecule has 0 spiro atoms. The Morgan fingerprint density at radius 3 is 2.56 bits per heavy atom. The number of ether oxygens (including phenoxy) is 1. The maximum absolute atomic E-state index is 12.8. The third-order valence-corrected chi connectivity index (χ3v) is 4.27. The summed E-state index contributed by atoms with van der Waals surface area (Å²) < 4.78 is 5.26. The molecule has 0 aliphatic carbocycles. The number of aliphatic imine (C=N–C) groups is 1. The zero-order chi connectivity index (χ0) is 19.4. The average Bonchev–Trinajstić information content (AvgIpc) is 2.66. The summed E-state index contributed by atoms with van der Waals surface area (Å²) >= 11 is 0. The van der Waals surface area contributed by atoms with Crippen LogP contribution in [0.5, 0.6) is 5.75 Å². The van der Waals surface area contributed by atoms with E-state index in [-0.39, 0.29) is 6.54 Å². The van der Waals surface area contributed by atoms with E-state index in [1.807, 2.05) is 30.3 Å². The first-order valence-electron chi connectivity index (χ1n) is 8.39. The van der Waals surface area contributed by atoms with Gasteiger partial charge in [0.15, 0.2) is 5.92 Å². The number of aryl methyl sites for hydroxylation is 1. The number of carbonyl (C=O) groups excluding carboxylic acids is 3. The third kappa shape index (κ3) is 3.72. The van der Waals surface area contributed by atoms with Crippen LogP contribution in [0.2, 0.25) is 0 Å². The zero-order valence-electron chi connectivity index (χ0n) is 15.0. The van der Waals surface area contributed by atoms with Gasteiger partial charge in [0, 0.05) is 11.8 Å². The lowest BCUT2D eigenvalue weighted by molar-refractivity contribution is -0.131. The smallest absolute Gasteiger partial charge is 0.335 e. The van der Waals surface area contributed by atoms with Crippen LogP contribution < -0.4 is 15.0 Å². The van der Waals surface area contributed by atoms with Crippen molar-refractivity contribution in [2.45, 2.75) is 13.5 Å². The second-order valence-corrected chi connectivity index (χ2v) is 6.03. The van der Waals surface area contributed by atoms with E-state index < -0.39 is 23.8 Å². The Kier molecular flexibility index (Phi) is 5.30. The summed E-state index contributed by atoms with van der Waals surface area (Å²) in [5.41, 5.74) is 2.02. The number of para-hydroxylation sites is 2. The standard InChI is InChI=1S/C20H19N3O4/c1-13-7-3-5-9-16(13)23-19(25)15(18(24)22-20(23)26)12-21-11-14-8-4-6-10-17(14)27-2/h3-10,12,15H,11H2,1-2H3,(H,22,24,26)/t15-/m1/s1. The molecule has 27 heavy (non-hydrogen) atoms. The number of benzene rings is 2. The van der Waals surface area contributed by atoms with E-state index in [4.69, 9.17) is 4.74 Å². The average molecular weight is 365 g/mol. The van der Waals surface area contributed by atoms with E-state index in [0.29, 0.717) is 11.4 Å². The van der Waals surface area contributed by atoms with Gasteiger partial charge in [-0.15, -0.1) is 0 Å². The van der Waals surface area contributed by atoms with Crippen LogP contribution in [0.1, 0.15) is 11.1 Å². The minimum absolute atomic E-state index is 0.249. The highest BCUT2D eigenvalue weighted by atomic mass is 16.5. The summed E-state index contributed by atoms with van der Waals surface area (Å²) in [4.78, 5) is 42.4. The van der Waals surface area contributed by atoms with Gasteiger partial charge < -0.3 is 4.74 Å². The van der Waals surface area contributed by atoms with E-state index in [1.165, 1.54) is 6.21 Å². The fourth-order valence-corrected chi connectivity index (χ4v) is 2.85. The van der Waals surface area contributed by atoms with Gasteiger partial charge in [-0.2, -0.15) is 0 Å². The Bertz CT molecular complexity index is 923. The van der Waals surface area contributed by atoms with E-state index in [2.05, 4.69) is 10.3 Å². The first-order chi connectivity index (χ1) is 13.0. The zero-order valence-corrected chi connectivity index (χ0v) is 15.0. The number of urea groups is 1. The molecule has 1 N–H and O–H groups in total. The van der Waals surface area contributed by atoms with Crippen LogP contribution in [0.4, 0.5) is 10.5 Å². The van der Waals surface area contributed by atoms with Crippen molar-refractivity contribution >= 4 is 29.7 Å². The van der Waals surface area contributed by atoms with Crippen LogP contribution in [-0.4, -0.2) is 31.2 Å². The first-order valence-corrected chi connectivity index (χ1v) is 8.39. The van der Waals surface area contributed by atoms with Crippen molar-refractivity contribution in [3.05, 3.63) is 59.7 Å². The number of barbiturate groups is 1. The van der Waals surface area contributed by atoms with E-state index in [0.717, 1.165) is 16.0 Å². The topological polar surface area (TPSA) is 88.1 Å². The van der Waals surface area contributed by atoms with Gasteiger partial charge in [-0.25, -0.2) is 9.69 Å². The van der Waals surface area contributed by atoms with Crippen LogP contribution in [0.25, 0.3) is 0 Å². The second kappa shape index (κ2) is 7.82. The highest BCUT2D eigenvalue weighted by Crippen LogP contribution is 2.24. The molecule has 1 saturated heterocycles. The number of methoxy groups -OCH3 is 1. The number of nitrogens with one attached hydrogen (secondary N) is 1. The molecular formula is C20H19N3O4. The number of imide groups is 2. The molecule has 1 aliphatic rings. The van der Waals surface area contributed by atoms with Gasteiger partial charge in [-0.05, 0) is 24.6 Å². The Morgan fingerprint density at radius 2 is 1.81 bits per heavy atom. The van der Waals surface area contributed by atoms with Crippen LogP contribution in [0.3, 0.4) is 0 Å². The van der Waals surface area contributed by atoms with Gasteiger partial charge in [0.1, 0.15) is 5.75 Å². The molecular weight excluding hydrogens is 346 g/mol. The molecule has 0 saturated carbocycles. The minimum Gasteiger partial charge on any atom is -0.496 e. The van der Waals surface area contributed by atoms with Crippen molar-refractivity contribution in [1.29, 1.82) is 0 Å². The van der Waals surface area contributed by atoms with Crippen LogP contribution in [0.15, 0.2) is 53.5 Å². The van der Waals surface area contributed by atoms with Crippen molar-refractivity contribution in [2.24, 2.45) is 10.9 Å². The van der Waals surface area contributed by atoms with Gasteiger partial charge in [-0.3, -0.25) is 19.9 Å². The molecule has 1 atom stereocenters. The monoisotopic (exact) mass is 365 g/mol. The molecule has 1 fully saturated rings. The molecule has 3 rings (SSSR count). The molecule has 4 amide bonds. The number of carbonyl (C=O) groups is 3. The summed E-state index contributed by atoms with van der Waals surface area (Å²) in [5, 5.41) is 2.22. The summed E-state index contributed by atoms with van der Waals surface area (Å²) in [6.07, 6.45) is 1.28. The van der Waals surface area contributed by atoms with Crippen molar-refractivity contribution in [3.8, 4) is 5.75 Å². The molecule has 2 aromatic rings. The SMILES string of the molecule is COc1ccccc1CN=C[C@@H]1C(=O)NC(=O)N(c2ccccc2C)C1=O. The lowest BCUT2D eigenvalue weighted by atomic mass is 10.0. The molecule has 7 heteroatoms. The number of hydrogen-bond donors (Lipinski definition) is 1. The summed E-state index contributed by atoms with van der Waals surface area (Å²) in [5.74, 6) is -1.80. The predicted octanol–water partition coefficient (Wildman–Crippen LogP) is 2.47. The van der Waals surface area contributed by atoms with Crippen LogP contribution in [-0.2, 0) is 16.1 Å². The highest BCUT2D eigenvalue weighted by molar-refractivity contribution is 6.32. The lowest BCUT2D eigenvalue weighted by Gasteiger charge is -2.29. The first kappa shape index (κ1) is 18.3. The third-order valence-electron chi connectivity index (χ3n) is 4.27. The van der Waals surface area contributed by atoms with Gasteiger partial charge in [0.05, 0.1) is 19.3 Å². The molecule has 1 heterocycles. The number of anilines is 1. The molecule has 138 valence electrons. The number of amides is 4. The molecule has 0 unspecified atom stereocenters. The fourth-order valence-electron chi connectivity index (χ4n) is 2.85. The van der Waals surface area contributed by atoms with Gasteiger partial charge in [0.25, 0.3) is 5.91 Å². The number of rotatable bonds is 5. The Morgan fingerprint density at radius 1 is 1.11 bits per heavy atom. The number of nitrogens with zero attached hydrogens (tertiary/aromatic N) is 2. The van der Waals surface area contributed by atoms with Gasteiger partial charge in [-0.1, -0.05) is 36.4 Å². The van der Waals surface area contributed by atoms with E-state index >= 15 is 0 Å². The summed E-state index contributed by atoms with van der Waals surface area (Å²) in [7, 11) is 1.56. The van der Waals surface area contributed by atoms with E-state index in [9.17, 15) is 14.4 Å². The molecule has 0 aromatic heterocycles. The highest BCUT2D eigenvalue weighted by Gasteiger charge is 2.40. The predicted molar refractivity (Wildman–Crippen MR) is 101 cm³/mol. The summed E-state index contributed by atoms with van der Waals surface area (Å²) in [6.45, 7) is 2.04. The quantitative estimate of drug-likeness (QED) is 0.651. The maximum atomic E-state index is 12.8. The van der Waals surface area contributed by atoms with Crippen LogP contribution >= 0.6 is 0 Å². The van der Waals surface area contributed by atoms with Crippen LogP contribution in [0, 0.1) is 12.8 Å². The fraction of sp³-hybridized carbons (Fsp3) is 0.200. The van der Waals surface area contributed by atoms with Gasteiger partial charge >= 0.3 is 6.03 Å². The molecule has 7 nitrogen and oxygen atoms in total. The molecule has 2 aromatic carbocycles. The van der Waals surface area contributed by atoms with Crippen molar-refractivity contribution in [3.63, 3.8) is 0 Å². The Balaban J connectivity index is 1.82. The van der Waals surface area contributed by atoms with E-state index in [1.54, 1.807) is 32.2 Å². The summed E-state index contributed by atoms with van der Waals surface area (Å²) in [6, 6.07) is 13.6. The maximum Gasteiger partial charge on any atom is 0.335 e. The second-order valence-electron chi connectivity index (χ2n) is 6.03. The Hall–Kier alpha value is -3.48. The van der Waals surface area contributed by atoms with Crippen molar-refractivity contribution in [2.75, 3.05) is 12.0 Å². The number of hydrogen-bond acceptors (Lipinski definition) is 5. The van der Waals surface area contributed by atoms with Gasteiger partial charge in [0.2, 0.25) is 5.91 Å². The molecule has 0 radical (unpaired) electrons. The lowest BCUT2D eigenvalue weighted by Crippen LogP contribution is -2.58. The molecule has 1 aliphatic heterocycles. The minimum atomic E-state index is -1.17. The van der Waals surface area contributed by atoms with Crippen molar-refractivity contribution < 1.29 is 19.1 Å². The largest absolute Gasteiger partial charge is 0.496 e. The normalized spacial score (nSPS) is 17.3. The molecule has 0 bridgehead atoms. The van der Waals surface area contributed by atoms with Crippen molar-refractivity contribution in [1.82, 2.24) is 5.32 Å². The Labute approximate surface area is 156 Å².